The monoisotopic (exact) mass is 277 g/mol. The van der Waals surface area contributed by atoms with E-state index in [1.54, 1.807) is 0 Å². The first kappa shape index (κ1) is 14.3. The summed E-state index contributed by atoms with van der Waals surface area (Å²) in [6.07, 6.45) is 4.30. The van der Waals surface area contributed by atoms with Crippen molar-refractivity contribution in [2.24, 2.45) is 17.6 Å². The summed E-state index contributed by atoms with van der Waals surface area (Å²) in [6, 6.07) is 1.97. The van der Waals surface area contributed by atoms with E-state index in [9.17, 15) is 0 Å². The quantitative estimate of drug-likeness (QED) is 0.863. The molecule has 2 heterocycles. The molecule has 1 aromatic heterocycles. The van der Waals surface area contributed by atoms with Crippen LogP contribution < -0.4 is 10.6 Å². The summed E-state index contributed by atoms with van der Waals surface area (Å²) in [5, 5.41) is 0. The molecule has 0 radical (unpaired) electrons. The van der Waals surface area contributed by atoms with Crippen LogP contribution in [0.4, 0.5) is 5.82 Å². The molecule has 1 aliphatic heterocycles. The lowest BCUT2D eigenvalue weighted by molar-refractivity contribution is 0.310. The van der Waals surface area contributed by atoms with E-state index in [-0.39, 0.29) is 0 Å². The summed E-state index contributed by atoms with van der Waals surface area (Å²) >= 11 is 5.18. The van der Waals surface area contributed by atoms with Crippen LogP contribution >= 0.6 is 12.2 Å². The Bertz CT molecular complexity index is 462. The number of piperidine rings is 1. The number of aromatic nitrogens is 1. The normalized spacial score (nSPS) is 16.9. The Morgan fingerprint density at radius 2 is 2.05 bits per heavy atom. The molecule has 1 saturated heterocycles. The molecule has 2 N–H and O–H groups in total. The average molecular weight is 277 g/mol. The third-order valence-corrected chi connectivity index (χ3v) is 4.37. The van der Waals surface area contributed by atoms with E-state index in [2.05, 4.69) is 23.7 Å². The van der Waals surface area contributed by atoms with Crippen LogP contribution in [0.5, 0.6) is 0 Å². The van der Waals surface area contributed by atoms with Crippen molar-refractivity contribution < 1.29 is 0 Å². The number of nitrogens with two attached hydrogens (primary N) is 1. The lowest BCUT2D eigenvalue weighted by Gasteiger charge is -2.35. The molecular formula is C15H23N3S. The minimum absolute atomic E-state index is 0.451. The molecule has 0 aromatic carbocycles. The van der Waals surface area contributed by atoms with E-state index in [1.807, 2.05) is 19.2 Å². The lowest BCUT2D eigenvalue weighted by Crippen LogP contribution is -2.37. The molecule has 0 atom stereocenters. The molecule has 2 rings (SSSR count). The fourth-order valence-corrected chi connectivity index (χ4v) is 3.12. The number of thiocarbonyl (C=S) groups is 1. The van der Waals surface area contributed by atoms with Crippen LogP contribution in [0.15, 0.2) is 12.3 Å². The first-order valence-electron chi connectivity index (χ1n) is 7.01. The predicted octanol–water partition coefficient (Wildman–Crippen LogP) is 2.90. The Morgan fingerprint density at radius 3 is 2.58 bits per heavy atom. The van der Waals surface area contributed by atoms with Crippen LogP contribution in [0, 0.1) is 18.8 Å². The summed E-state index contributed by atoms with van der Waals surface area (Å²) < 4.78 is 0. The van der Waals surface area contributed by atoms with E-state index >= 15 is 0 Å². The van der Waals surface area contributed by atoms with Crippen LogP contribution in [0.1, 0.15) is 37.8 Å². The summed E-state index contributed by atoms with van der Waals surface area (Å²) in [5.41, 5.74) is 7.92. The van der Waals surface area contributed by atoms with Gasteiger partial charge in [-0.2, -0.15) is 0 Å². The van der Waals surface area contributed by atoms with Gasteiger partial charge in [-0.1, -0.05) is 26.1 Å². The van der Waals surface area contributed by atoms with Crippen molar-refractivity contribution in [2.75, 3.05) is 18.0 Å². The molecule has 1 aliphatic rings. The first-order chi connectivity index (χ1) is 9.00. The third kappa shape index (κ3) is 3.06. The van der Waals surface area contributed by atoms with Gasteiger partial charge in [-0.05, 0) is 43.2 Å². The topological polar surface area (TPSA) is 42.2 Å². The van der Waals surface area contributed by atoms with Gasteiger partial charge in [-0.3, -0.25) is 0 Å². The second-order valence-electron chi connectivity index (χ2n) is 5.76. The number of aryl methyl sites for hydroxylation is 1. The zero-order valence-corrected chi connectivity index (χ0v) is 12.8. The van der Waals surface area contributed by atoms with Gasteiger partial charge >= 0.3 is 0 Å². The highest BCUT2D eigenvalue weighted by molar-refractivity contribution is 7.80. The van der Waals surface area contributed by atoms with Crippen LogP contribution in [0.2, 0.25) is 0 Å². The van der Waals surface area contributed by atoms with E-state index in [0.29, 0.717) is 4.99 Å². The molecule has 0 aliphatic carbocycles. The number of anilines is 1. The first-order valence-corrected chi connectivity index (χ1v) is 7.42. The second-order valence-corrected chi connectivity index (χ2v) is 6.20. The standard InChI is InChI=1S/C15H23N3S/c1-10(2)12-5-8-18(9-6-12)15-13(14(16)19)11(3)4-7-17-15/h4,7,10,12H,5-6,8-9H2,1-3H3,(H2,16,19). The third-order valence-electron chi connectivity index (χ3n) is 4.17. The van der Waals surface area contributed by atoms with Gasteiger partial charge in [0.15, 0.2) is 0 Å². The Labute approximate surface area is 121 Å². The van der Waals surface area contributed by atoms with Gasteiger partial charge in [0.25, 0.3) is 0 Å². The lowest BCUT2D eigenvalue weighted by atomic mass is 9.86. The molecule has 3 nitrogen and oxygen atoms in total. The van der Waals surface area contributed by atoms with Crippen molar-refractivity contribution in [1.82, 2.24) is 4.98 Å². The minimum Gasteiger partial charge on any atom is -0.389 e. The van der Waals surface area contributed by atoms with Gasteiger partial charge in [0, 0.05) is 19.3 Å². The molecule has 0 bridgehead atoms. The molecule has 0 amide bonds. The largest absolute Gasteiger partial charge is 0.389 e. The number of hydrogen-bond acceptors (Lipinski definition) is 3. The number of pyridine rings is 1. The molecule has 19 heavy (non-hydrogen) atoms. The maximum Gasteiger partial charge on any atom is 0.139 e. The minimum atomic E-state index is 0.451. The van der Waals surface area contributed by atoms with Crippen molar-refractivity contribution in [3.05, 3.63) is 23.4 Å². The maximum atomic E-state index is 5.86. The van der Waals surface area contributed by atoms with Gasteiger partial charge in [-0.15, -0.1) is 0 Å². The summed E-state index contributed by atoms with van der Waals surface area (Å²) in [5.74, 6) is 2.56. The number of rotatable bonds is 3. The van der Waals surface area contributed by atoms with Crippen LogP contribution in [0.25, 0.3) is 0 Å². The molecule has 0 saturated carbocycles. The zero-order chi connectivity index (χ0) is 14.0. The second kappa shape index (κ2) is 5.87. The Balaban J connectivity index is 2.20. The fraction of sp³-hybridized carbons (Fsp3) is 0.600. The van der Waals surface area contributed by atoms with Gasteiger partial charge < -0.3 is 10.6 Å². The Kier molecular flexibility index (Phi) is 4.40. The highest BCUT2D eigenvalue weighted by atomic mass is 32.1. The summed E-state index contributed by atoms with van der Waals surface area (Å²) in [4.78, 5) is 7.30. The Hall–Kier alpha value is -1.16. The van der Waals surface area contributed by atoms with Gasteiger partial charge in [0.2, 0.25) is 0 Å². The van der Waals surface area contributed by atoms with Gasteiger partial charge in [0.05, 0.1) is 5.56 Å². The molecular weight excluding hydrogens is 254 g/mol. The molecule has 0 spiro atoms. The smallest absolute Gasteiger partial charge is 0.139 e. The van der Waals surface area contributed by atoms with Crippen LogP contribution in [-0.2, 0) is 0 Å². The van der Waals surface area contributed by atoms with Crippen LogP contribution in [-0.4, -0.2) is 23.1 Å². The molecule has 1 fully saturated rings. The zero-order valence-electron chi connectivity index (χ0n) is 12.0. The van der Waals surface area contributed by atoms with Crippen LogP contribution in [0.3, 0.4) is 0 Å². The highest BCUT2D eigenvalue weighted by Crippen LogP contribution is 2.29. The van der Waals surface area contributed by atoms with Crippen molar-refractivity contribution in [3.63, 3.8) is 0 Å². The van der Waals surface area contributed by atoms with Crippen molar-refractivity contribution >= 4 is 23.0 Å². The van der Waals surface area contributed by atoms with Crippen molar-refractivity contribution in [2.45, 2.75) is 33.6 Å². The molecule has 1 aromatic rings. The van der Waals surface area contributed by atoms with Gasteiger partial charge in [0.1, 0.15) is 10.8 Å². The summed E-state index contributed by atoms with van der Waals surface area (Å²) in [6.45, 7) is 8.77. The predicted molar refractivity (Wildman–Crippen MR) is 84.6 cm³/mol. The number of nitrogens with zero attached hydrogens (tertiary/aromatic N) is 2. The van der Waals surface area contributed by atoms with E-state index in [1.165, 1.54) is 12.8 Å². The maximum absolute atomic E-state index is 5.86. The highest BCUT2D eigenvalue weighted by Gasteiger charge is 2.24. The fourth-order valence-electron chi connectivity index (χ4n) is 2.87. The van der Waals surface area contributed by atoms with E-state index in [0.717, 1.165) is 41.9 Å². The Morgan fingerprint density at radius 1 is 1.42 bits per heavy atom. The van der Waals surface area contributed by atoms with Gasteiger partial charge in [-0.25, -0.2) is 4.98 Å². The number of hydrogen-bond donors (Lipinski definition) is 1. The SMILES string of the molecule is Cc1ccnc(N2CCC(C(C)C)CC2)c1C(N)=S. The van der Waals surface area contributed by atoms with Crippen molar-refractivity contribution in [1.29, 1.82) is 0 Å². The molecule has 4 heteroatoms. The molecule has 0 unspecified atom stereocenters. The van der Waals surface area contributed by atoms with E-state index in [4.69, 9.17) is 18.0 Å². The molecule has 104 valence electrons. The van der Waals surface area contributed by atoms with E-state index < -0.39 is 0 Å². The van der Waals surface area contributed by atoms with Crippen molar-refractivity contribution in [3.8, 4) is 0 Å². The summed E-state index contributed by atoms with van der Waals surface area (Å²) in [7, 11) is 0. The average Bonchev–Trinajstić information content (AvgIpc) is 2.38.